The van der Waals surface area contributed by atoms with Crippen LogP contribution in [0.4, 0.5) is 0 Å². The molecule has 0 aliphatic rings. The summed E-state index contributed by atoms with van der Waals surface area (Å²) in [4.78, 5) is 46.5. The summed E-state index contributed by atoms with van der Waals surface area (Å²) in [6, 6.07) is 16.2. The van der Waals surface area contributed by atoms with Gasteiger partial charge in [-0.15, -0.1) is 0 Å². The Morgan fingerprint density at radius 1 is 0.491 bits per heavy atom. The minimum atomic E-state index is -1.20. The van der Waals surface area contributed by atoms with Crippen LogP contribution in [0.2, 0.25) is 0 Å². The van der Waals surface area contributed by atoms with E-state index in [2.05, 4.69) is 27.7 Å². The minimum absolute atomic E-state index is 0.00184. The Hall–Kier alpha value is -4.46. The number of carboxylic acid groups (broad SMARTS) is 4. The predicted octanol–water partition coefficient (Wildman–Crippen LogP) is 11.4. The molecule has 3 aromatic carbocycles. The highest BCUT2D eigenvalue weighted by atomic mass is 16.4. The van der Waals surface area contributed by atoms with Gasteiger partial charge in [-0.05, 0) is 96.7 Å². The summed E-state index contributed by atoms with van der Waals surface area (Å²) in [6.07, 6.45) is 15.7. The lowest BCUT2D eigenvalue weighted by Crippen LogP contribution is -2.14. The lowest BCUT2D eigenvalue weighted by molar-refractivity contribution is 0.0650. The van der Waals surface area contributed by atoms with Crippen molar-refractivity contribution in [3.63, 3.8) is 0 Å². The third-order valence-electron chi connectivity index (χ3n) is 9.66. The maximum Gasteiger partial charge on any atom is 0.336 e. The van der Waals surface area contributed by atoms with Crippen molar-refractivity contribution in [2.75, 3.05) is 0 Å². The van der Waals surface area contributed by atoms with Crippen molar-refractivity contribution >= 4 is 23.9 Å². The molecule has 0 aromatic heterocycles. The smallest absolute Gasteiger partial charge is 0.336 e. The number of aromatic carboxylic acids is 4. The standard InChI is InChI=1S/C26H42O4.C19H20O4/c1-19(2)13-9-5-7-11-15-21-17-18-23(25(27)28)24(26(29)30)22(21)16-12-8-6-10-14-20(3)4;1-2-3-9-15-14(12-13-7-5-4-6-8-13)10-11-16(18(20)21)17(15)19(22)23/h17-20H,5-16H2,1-4H3,(H,27,28)(H,29,30);4-8,10-11H,2-3,9,12H2,1H3,(H,20,21)(H,22,23). The summed E-state index contributed by atoms with van der Waals surface area (Å²) in [5, 5.41) is 38.0. The van der Waals surface area contributed by atoms with Crippen LogP contribution in [0.3, 0.4) is 0 Å². The second-order valence-corrected chi connectivity index (χ2v) is 14.9. The van der Waals surface area contributed by atoms with Crippen molar-refractivity contribution in [3.05, 3.63) is 105 Å². The SMILES string of the molecule is CC(C)CCCCCCc1ccc(C(=O)O)c(C(=O)O)c1CCCCCCC(C)C.CCCCc1c(Cc2ccccc2)ccc(C(=O)O)c1C(=O)O. The van der Waals surface area contributed by atoms with E-state index in [0.717, 1.165) is 79.5 Å². The summed E-state index contributed by atoms with van der Waals surface area (Å²) in [5.74, 6) is -3.22. The number of hydrogen-bond donors (Lipinski definition) is 4. The van der Waals surface area contributed by atoms with Crippen LogP contribution in [0.15, 0.2) is 54.6 Å². The van der Waals surface area contributed by atoms with Gasteiger partial charge in [-0.2, -0.15) is 0 Å². The lowest BCUT2D eigenvalue weighted by atomic mass is 9.89. The Balaban J connectivity index is 0.000000379. The molecule has 0 fully saturated rings. The van der Waals surface area contributed by atoms with Gasteiger partial charge in [-0.25, -0.2) is 19.2 Å². The fourth-order valence-electron chi connectivity index (χ4n) is 6.80. The first-order chi connectivity index (χ1) is 25.3. The van der Waals surface area contributed by atoms with Gasteiger partial charge in [0.05, 0.1) is 22.3 Å². The van der Waals surface area contributed by atoms with E-state index in [1.165, 1.54) is 44.2 Å². The summed E-state index contributed by atoms with van der Waals surface area (Å²) < 4.78 is 0. The molecule has 290 valence electrons. The van der Waals surface area contributed by atoms with Gasteiger partial charge in [0, 0.05) is 0 Å². The van der Waals surface area contributed by atoms with Gasteiger partial charge in [0.2, 0.25) is 0 Å². The highest BCUT2D eigenvalue weighted by Crippen LogP contribution is 2.27. The van der Waals surface area contributed by atoms with Crippen molar-refractivity contribution in [1.29, 1.82) is 0 Å². The van der Waals surface area contributed by atoms with E-state index in [9.17, 15) is 39.6 Å². The summed E-state index contributed by atoms with van der Waals surface area (Å²) in [7, 11) is 0. The molecule has 0 heterocycles. The first-order valence-electron chi connectivity index (χ1n) is 19.5. The fraction of sp³-hybridized carbons (Fsp3) is 0.511. The van der Waals surface area contributed by atoms with Crippen molar-refractivity contribution in [1.82, 2.24) is 0 Å². The zero-order valence-electron chi connectivity index (χ0n) is 32.6. The minimum Gasteiger partial charge on any atom is -0.478 e. The average molecular weight is 731 g/mol. The van der Waals surface area contributed by atoms with Gasteiger partial charge in [0.25, 0.3) is 0 Å². The van der Waals surface area contributed by atoms with Gasteiger partial charge >= 0.3 is 23.9 Å². The van der Waals surface area contributed by atoms with E-state index < -0.39 is 23.9 Å². The third kappa shape index (κ3) is 15.6. The van der Waals surface area contributed by atoms with Crippen LogP contribution < -0.4 is 0 Å². The third-order valence-corrected chi connectivity index (χ3v) is 9.66. The first kappa shape index (κ1) is 44.7. The topological polar surface area (TPSA) is 149 Å². The van der Waals surface area contributed by atoms with Gasteiger partial charge in [-0.3, -0.25) is 0 Å². The molecule has 0 spiro atoms. The number of carboxylic acids is 4. The Morgan fingerprint density at radius 2 is 0.925 bits per heavy atom. The van der Waals surface area contributed by atoms with E-state index in [1.54, 1.807) is 6.07 Å². The molecular formula is C45H62O8. The molecule has 0 radical (unpaired) electrons. The van der Waals surface area contributed by atoms with Crippen molar-refractivity contribution < 1.29 is 39.6 Å². The molecule has 8 heteroatoms. The van der Waals surface area contributed by atoms with Crippen LogP contribution in [-0.4, -0.2) is 44.3 Å². The van der Waals surface area contributed by atoms with E-state index in [-0.39, 0.29) is 22.3 Å². The quantitative estimate of drug-likeness (QED) is 0.0704. The van der Waals surface area contributed by atoms with Crippen LogP contribution >= 0.6 is 0 Å². The average Bonchev–Trinajstić information content (AvgIpc) is 3.10. The van der Waals surface area contributed by atoms with Crippen molar-refractivity contribution in [2.24, 2.45) is 11.8 Å². The summed E-state index contributed by atoms with van der Waals surface area (Å²) >= 11 is 0. The molecule has 0 saturated heterocycles. The number of benzene rings is 3. The largest absolute Gasteiger partial charge is 0.478 e. The molecule has 4 N–H and O–H groups in total. The van der Waals surface area contributed by atoms with Gasteiger partial charge < -0.3 is 20.4 Å². The Bertz CT molecular complexity index is 1610. The number of hydrogen-bond acceptors (Lipinski definition) is 4. The highest BCUT2D eigenvalue weighted by Gasteiger charge is 2.24. The van der Waals surface area contributed by atoms with Crippen LogP contribution in [0.25, 0.3) is 0 Å². The number of aryl methyl sites for hydroxylation is 1. The summed E-state index contributed by atoms with van der Waals surface area (Å²) in [5.41, 5.74) is 4.07. The Morgan fingerprint density at radius 3 is 1.38 bits per heavy atom. The van der Waals surface area contributed by atoms with E-state index in [0.29, 0.717) is 30.7 Å². The number of rotatable bonds is 23. The van der Waals surface area contributed by atoms with Gasteiger partial charge in [0.15, 0.2) is 0 Å². The molecular weight excluding hydrogens is 668 g/mol. The molecule has 0 aliphatic carbocycles. The molecule has 53 heavy (non-hydrogen) atoms. The molecule has 8 nitrogen and oxygen atoms in total. The second kappa shape index (κ2) is 24.0. The normalized spacial score (nSPS) is 11.0. The Kier molecular flexibility index (Phi) is 20.2. The molecule has 0 bridgehead atoms. The van der Waals surface area contributed by atoms with E-state index in [4.69, 9.17) is 0 Å². The maximum atomic E-state index is 11.9. The van der Waals surface area contributed by atoms with Crippen LogP contribution in [-0.2, 0) is 25.7 Å². The number of unbranched alkanes of at least 4 members (excludes halogenated alkanes) is 7. The van der Waals surface area contributed by atoms with Crippen LogP contribution in [0, 0.1) is 11.8 Å². The molecule has 0 unspecified atom stereocenters. The molecule has 0 amide bonds. The Labute approximate surface area is 316 Å². The van der Waals surface area contributed by atoms with Crippen LogP contribution in [0.1, 0.15) is 181 Å². The first-order valence-corrected chi connectivity index (χ1v) is 19.5. The van der Waals surface area contributed by atoms with E-state index >= 15 is 0 Å². The second-order valence-electron chi connectivity index (χ2n) is 14.9. The van der Waals surface area contributed by atoms with Crippen molar-refractivity contribution in [3.8, 4) is 0 Å². The van der Waals surface area contributed by atoms with Gasteiger partial charge in [-0.1, -0.05) is 135 Å². The molecule has 0 aliphatic heterocycles. The highest BCUT2D eigenvalue weighted by molar-refractivity contribution is 6.03. The molecule has 0 atom stereocenters. The monoisotopic (exact) mass is 730 g/mol. The zero-order chi connectivity index (χ0) is 39.3. The van der Waals surface area contributed by atoms with E-state index in [1.807, 2.05) is 43.3 Å². The summed E-state index contributed by atoms with van der Waals surface area (Å²) in [6.45, 7) is 11.0. The fourth-order valence-corrected chi connectivity index (χ4v) is 6.80. The zero-order valence-corrected chi connectivity index (χ0v) is 32.6. The number of carbonyl (C=O) groups is 4. The molecule has 3 aromatic rings. The molecule has 0 saturated carbocycles. The van der Waals surface area contributed by atoms with Crippen LogP contribution in [0.5, 0.6) is 0 Å². The maximum absolute atomic E-state index is 11.9. The molecule has 3 rings (SSSR count). The predicted molar refractivity (Wildman–Crippen MR) is 212 cm³/mol. The van der Waals surface area contributed by atoms with Gasteiger partial charge in [0.1, 0.15) is 0 Å². The van der Waals surface area contributed by atoms with Crippen molar-refractivity contribution in [2.45, 2.75) is 137 Å². The lowest BCUT2D eigenvalue weighted by Gasteiger charge is -2.15.